The molecule has 0 atom stereocenters. The highest BCUT2D eigenvalue weighted by Gasteiger charge is 2.12. The first-order valence-electron chi connectivity index (χ1n) is 6.21. The monoisotopic (exact) mass is 269 g/mol. The largest absolute Gasteiger partial charge is 0.478 e. The van der Waals surface area contributed by atoms with Gasteiger partial charge in [0.2, 0.25) is 0 Å². The van der Waals surface area contributed by atoms with E-state index in [9.17, 15) is 9.18 Å². The molecule has 2 aromatic carbocycles. The van der Waals surface area contributed by atoms with Gasteiger partial charge in [-0.25, -0.2) is 9.18 Å². The Bertz CT molecular complexity index is 792. The fraction of sp³-hybridized carbons (Fsp3) is 0.0625. The molecule has 0 spiro atoms. The van der Waals surface area contributed by atoms with E-state index in [1.54, 1.807) is 0 Å². The summed E-state index contributed by atoms with van der Waals surface area (Å²) >= 11 is 0. The highest BCUT2D eigenvalue weighted by molar-refractivity contribution is 5.89. The maximum Gasteiger partial charge on any atom is 0.336 e. The summed E-state index contributed by atoms with van der Waals surface area (Å²) < 4.78 is 15.1. The van der Waals surface area contributed by atoms with Crippen LogP contribution in [-0.2, 0) is 6.54 Å². The Balaban J connectivity index is 2.05. The van der Waals surface area contributed by atoms with Gasteiger partial charge in [0.1, 0.15) is 5.82 Å². The number of hydrogen-bond acceptors (Lipinski definition) is 1. The number of carbonyl (C=O) groups is 1. The number of hydrogen-bond donors (Lipinski definition) is 1. The van der Waals surface area contributed by atoms with Crippen molar-refractivity contribution in [3.8, 4) is 0 Å². The second-order valence-electron chi connectivity index (χ2n) is 4.61. The van der Waals surface area contributed by atoms with Gasteiger partial charge in [0.15, 0.2) is 0 Å². The molecule has 1 aromatic heterocycles. The number of aromatic carboxylic acids is 1. The van der Waals surface area contributed by atoms with Crippen LogP contribution in [0.5, 0.6) is 0 Å². The number of rotatable bonds is 3. The number of para-hydroxylation sites is 1. The molecule has 3 nitrogen and oxygen atoms in total. The Morgan fingerprint density at radius 3 is 2.75 bits per heavy atom. The van der Waals surface area contributed by atoms with E-state index in [4.69, 9.17) is 5.11 Å². The zero-order valence-electron chi connectivity index (χ0n) is 10.6. The quantitative estimate of drug-likeness (QED) is 0.790. The number of fused-ring (bicyclic) bond motifs is 1. The first-order chi connectivity index (χ1) is 9.65. The Hall–Kier alpha value is -2.62. The lowest BCUT2D eigenvalue weighted by atomic mass is 10.1. The highest BCUT2D eigenvalue weighted by Crippen LogP contribution is 2.19. The van der Waals surface area contributed by atoms with Crippen molar-refractivity contribution in [1.29, 1.82) is 0 Å². The van der Waals surface area contributed by atoms with Gasteiger partial charge >= 0.3 is 5.97 Å². The van der Waals surface area contributed by atoms with Crippen LogP contribution < -0.4 is 0 Å². The second kappa shape index (κ2) is 4.81. The summed E-state index contributed by atoms with van der Waals surface area (Å²) in [6.07, 6.45) is 1.90. The van der Waals surface area contributed by atoms with E-state index < -0.39 is 11.8 Å². The third-order valence-electron chi connectivity index (χ3n) is 3.32. The van der Waals surface area contributed by atoms with Gasteiger partial charge < -0.3 is 9.67 Å². The molecule has 0 saturated heterocycles. The molecule has 0 amide bonds. The summed E-state index contributed by atoms with van der Waals surface area (Å²) in [7, 11) is 0. The lowest BCUT2D eigenvalue weighted by Crippen LogP contribution is -2.07. The predicted molar refractivity (Wildman–Crippen MR) is 74.4 cm³/mol. The molecule has 0 aliphatic rings. The van der Waals surface area contributed by atoms with Gasteiger partial charge in [-0.2, -0.15) is 0 Å². The molecule has 4 heteroatoms. The maximum atomic E-state index is 13.2. The zero-order valence-corrected chi connectivity index (χ0v) is 10.6. The van der Waals surface area contributed by atoms with Crippen molar-refractivity contribution in [2.45, 2.75) is 6.54 Å². The van der Waals surface area contributed by atoms with Crippen molar-refractivity contribution >= 4 is 16.9 Å². The van der Waals surface area contributed by atoms with Gasteiger partial charge in [0.25, 0.3) is 0 Å². The number of halogens is 1. The number of carboxylic acid groups (broad SMARTS) is 1. The highest BCUT2D eigenvalue weighted by atomic mass is 19.1. The van der Waals surface area contributed by atoms with Crippen LogP contribution in [0.1, 0.15) is 15.9 Å². The third kappa shape index (κ3) is 2.16. The summed E-state index contributed by atoms with van der Waals surface area (Å²) in [6, 6.07) is 13.7. The van der Waals surface area contributed by atoms with Gasteiger partial charge in [-0.3, -0.25) is 0 Å². The van der Waals surface area contributed by atoms with E-state index in [2.05, 4.69) is 0 Å². The summed E-state index contributed by atoms with van der Waals surface area (Å²) in [6.45, 7) is 0.398. The number of benzene rings is 2. The summed E-state index contributed by atoms with van der Waals surface area (Å²) in [5.74, 6) is -1.65. The Morgan fingerprint density at radius 2 is 1.95 bits per heavy atom. The molecule has 3 aromatic rings. The molecule has 3 rings (SSSR count). The molecular weight excluding hydrogens is 257 g/mol. The molecule has 1 heterocycles. The summed E-state index contributed by atoms with van der Waals surface area (Å²) in [4.78, 5) is 11.2. The molecule has 0 fully saturated rings. The SMILES string of the molecule is O=C(O)c1cc(F)ccc1Cn1ccc2ccccc21. The third-order valence-corrected chi connectivity index (χ3v) is 3.32. The van der Waals surface area contributed by atoms with Gasteiger partial charge in [-0.15, -0.1) is 0 Å². The van der Waals surface area contributed by atoms with Crippen molar-refractivity contribution in [2.24, 2.45) is 0 Å². The van der Waals surface area contributed by atoms with E-state index in [0.717, 1.165) is 17.0 Å². The van der Waals surface area contributed by atoms with E-state index in [1.807, 2.05) is 41.1 Å². The van der Waals surface area contributed by atoms with E-state index >= 15 is 0 Å². The van der Waals surface area contributed by atoms with E-state index in [1.165, 1.54) is 12.1 Å². The van der Waals surface area contributed by atoms with Crippen LogP contribution in [0.2, 0.25) is 0 Å². The zero-order chi connectivity index (χ0) is 14.1. The molecular formula is C16H12FNO2. The fourth-order valence-electron chi connectivity index (χ4n) is 2.35. The first kappa shape index (κ1) is 12.4. The lowest BCUT2D eigenvalue weighted by molar-refractivity contribution is 0.0695. The van der Waals surface area contributed by atoms with Gasteiger partial charge in [-0.05, 0) is 35.2 Å². The second-order valence-corrected chi connectivity index (χ2v) is 4.61. The smallest absolute Gasteiger partial charge is 0.336 e. The minimum Gasteiger partial charge on any atom is -0.478 e. The lowest BCUT2D eigenvalue weighted by Gasteiger charge is -2.09. The first-order valence-corrected chi connectivity index (χ1v) is 6.21. The average molecular weight is 269 g/mol. The van der Waals surface area contributed by atoms with Crippen LogP contribution in [-0.4, -0.2) is 15.6 Å². The Labute approximate surface area is 114 Å². The maximum absolute atomic E-state index is 13.2. The van der Waals surface area contributed by atoms with Crippen LogP contribution >= 0.6 is 0 Å². The van der Waals surface area contributed by atoms with Crippen molar-refractivity contribution in [3.05, 3.63) is 71.7 Å². The van der Waals surface area contributed by atoms with Crippen LogP contribution in [0.15, 0.2) is 54.7 Å². The Kier molecular flexibility index (Phi) is 2.99. The van der Waals surface area contributed by atoms with Crippen molar-refractivity contribution < 1.29 is 14.3 Å². The number of aromatic nitrogens is 1. The molecule has 0 radical (unpaired) electrons. The Morgan fingerprint density at radius 1 is 1.15 bits per heavy atom. The van der Waals surface area contributed by atoms with Crippen LogP contribution in [0.25, 0.3) is 10.9 Å². The molecule has 0 bridgehead atoms. The van der Waals surface area contributed by atoms with E-state index in [-0.39, 0.29) is 5.56 Å². The molecule has 0 aliphatic heterocycles. The number of carboxylic acids is 1. The van der Waals surface area contributed by atoms with Gasteiger partial charge in [-0.1, -0.05) is 24.3 Å². The van der Waals surface area contributed by atoms with Crippen molar-refractivity contribution in [3.63, 3.8) is 0 Å². The van der Waals surface area contributed by atoms with Gasteiger partial charge in [0.05, 0.1) is 5.56 Å². The summed E-state index contributed by atoms with van der Waals surface area (Å²) in [5, 5.41) is 10.2. The van der Waals surface area contributed by atoms with Crippen LogP contribution in [0, 0.1) is 5.82 Å². The van der Waals surface area contributed by atoms with Gasteiger partial charge in [0, 0.05) is 18.3 Å². The molecule has 1 N–H and O–H groups in total. The minimum atomic E-state index is -1.11. The number of nitrogens with zero attached hydrogens (tertiary/aromatic N) is 1. The minimum absolute atomic E-state index is 0.00258. The average Bonchev–Trinajstić information content (AvgIpc) is 2.84. The molecule has 100 valence electrons. The van der Waals surface area contributed by atoms with Crippen molar-refractivity contribution in [2.75, 3.05) is 0 Å². The standard InChI is InChI=1S/C16H12FNO2/c17-13-6-5-12(14(9-13)16(19)20)10-18-8-7-11-3-1-2-4-15(11)18/h1-9H,10H2,(H,19,20). The molecule has 20 heavy (non-hydrogen) atoms. The van der Waals surface area contributed by atoms with Crippen molar-refractivity contribution in [1.82, 2.24) is 4.57 Å². The normalized spacial score (nSPS) is 10.8. The summed E-state index contributed by atoms with van der Waals surface area (Å²) in [5.41, 5.74) is 1.61. The predicted octanol–water partition coefficient (Wildman–Crippen LogP) is 3.53. The molecule has 0 saturated carbocycles. The van der Waals surface area contributed by atoms with Crippen LogP contribution in [0.4, 0.5) is 4.39 Å². The van der Waals surface area contributed by atoms with E-state index in [0.29, 0.717) is 12.1 Å². The molecule has 0 unspecified atom stereocenters. The van der Waals surface area contributed by atoms with Crippen LogP contribution in [0.3, 0.4) is 0 Å². The molecule has 0 aliphatic carbocycles. The fourth-order valence-corrected chi connectivity index (χ4v) is 2.35. The topological polar surface area (TPSA) is 42.2 Å².